The van der Waals surface area contributed by atoms with Crippen LogP contribution in [0.2, 0.25) is 0 Å². The van der Waals surface area contributed by atoms with Gasteiger partial charge >= 0.3 is 0 Å². The molecule has 0 saturated carbocycles. The highest BCUT2D eigenvalue weighted by molar-refractivity contribution is 5.99. The van der Waals surface area contributed by atoms with Crippen molar-refractivity contribution >= 4 is 17.3 Å². The van der Waals surface area contributed by atoms with E-state index in [1.165, 1.54) is 6.07 Å². The number of hydrogen-bond acceptors (Lipinski definition) is 5. The van der Waals surface area contributed by atoms with Gasteiger partial charge in [-0.15, -0.1) is 0 Å². The lowest BCUT2D eigenvalue weighted by molar-refractivity contribution is -0.385. The lowest BCUT2D eigenvalue weighted by Crippen LogP contribution is -2.38. The Morgan fingerprint density at radius 2 is 2.29 bits per heavy atom. The van der Waals surface area contributed by atoms with Crippen molar-refractivity contribution in [3.63, 3.8) is 0 Å². The Balaban J connectivity index is 1.83. The van der Waals surface area contributed by atoms with Crippen LogP contribution in [0, 0.1) is 10.1 Å². The summed E-state index contributed by atoms with van der Waals surface area (Å²) >= 11 is 0. The predicted molar refractivity (Wildman–Crippen MR) is 76.1 cm³/mol. The molecular formula is C14H17N3O4. The van der Waals surface area contributed by atoms with Gasteiger partial charge in [0.15, 0.2) is 0 Å². The second-order valence-electron chi connectivity index (χ2n) is 5.33. The van der Waals surface area contributed by atoms with Crippen LogP contribution in [0.4, 0.5) is 11.4 Å². The Morgan fingerprint density at radius 1 is 1.48 bits per heavy atom. The molecule has 2 aliphatic heterocycles. The molecule has 1 aromatic rings. The molecule has 1 saturated heterocycles. The molecule has 2 aliphatic rings. The van der Waals surface area contributed by atoms with E-state index >= 15 is 0 Å². The molecule has 1 fully saturated rings. The highest BCUT2D eigenvalue weighted by atomic mass is 16.6. The summed E-state index contributed by atoms with van der Waals surface area (Å²) < 4.78 is 5.63. The second kappa shape index (κ2) is 5.42. The van der Waals surface area contributed by atoms with Crippen LogP contribution in [0.5, 0.6) is 0 Å². The number of fused-ring (bicyclic) bond motifs is 1. The number of benzene rings is 1. The predicted octanol–water partition coefficient (Wildman–Crippen LogP) is 0.990. The van der Waals surface area contributed by atoms with Crippen molar-refractivity contribution in [2.75, 3.05) is 18.0 Å². The standard InChI is InChI=1S/C14H17N3O4/c15-8-9-4-5-13(21-9)14(18)16-7-6-10-11(16)2-1-3-12(10)17(19)20/h1-3,9,13H,4-8,15H2/t9-,13+/m1/s1. The molecule has 2 atom stereocenters. The van der Waals surface area contributed by atoms with E-state index in [2.05, 4.69) is 0 Å². The van der Waals surface area contributed by atoms with Gasteiger partial charge < -0.3 is 15.4 Å². The molecular weight excluding hydrogens is 274 g/mol. The van der Waals surface area contributed by atoms with Crippen LogP contribution < -0.4 is 10.6 Å². The van der Waals surface area contributed by atoms with E-state index < -0.39 is 11.0 Å². The van der Waals surface area contributed by atoms with Crippen molar-refractivity contribution in [3.05, 3.63) is 33.9 Å². The number of nitrogens with two attached hydrogens (primary N) is 1. The Hall–Kier alpha value is -1.99. The van der Waals surface area contributed by atoms with Crippen molar-refractivity contribution < 1.29 is 14.5 Å². The summed E-state index contributed by atoms with van der Waals surface area (Å²) in [6, 6.07) is 4.84. The minimum Gasteiger partial charge on any atom is -0.364 e. The first-order valence-electron chi connectivity index (χ1n) is 7.05. The van der Waals surface area contributed by atoms with Crippen LogP contribution in [0.25, 0.3) is 0 Å². The third kappa shape index (κ3) is 2.38. The number of amides is 1. The maximum atomic E-state index is 12.5. The molecule has 2 N–H and O–H groups in total. The van der Waals surface area contributed by atoms with Crippen LogP contribution in [0.15, 0.2) is 18.2 Å². The van der Waals surface area contributed by atoms with E-state index in [-0.39, 0.29) is 17.7 Å². The van der Waals surface area contributed by atoms with Gasteiger partial charge in [-0.1, -0.05) is 6.07 Å². The van der Waals surface area contributed by atoms with Crippen molar-refractivity contribution in [2.45, 2.75) is 31.5 Å². The first-order chi connectivity index (χ1) is 10.1. The molecule has 0 spiro atoms. The molecule has 0 radical (unpaired) electrons. The second-order valence-corrected chi connectivity index (χ2v) is 5.33. The summed E-state index contributed by atoms with van der Waals surface area (Å²) in [5, 5.41) is 11.0. The smallest absolute Gasteiger partial charge is 0.274 e. The van der Waals surface area contributed by atoms with E-state index in [1.807, 2.05) is 0 Å². The molecule has 7 nitrogen and oxygen atoms in total. The van der Waals surface area contributed by atoms with Gasteiger partial charge in [0.2, 0.25) is 0 Å². The van der Waals surface area contributed by atoms with Crippen molar-refractivity contribution in [2.24, 2.45) is 5.73 Å². The number of ether oxygens (including phenoxy) is 1. The number of rotatable bonds is 3. The van der Waals surface area contributed by atoms with Crippen molar-refractivity contribution in [1.82, 2.24) is 0 Å². The molecule has 1 amide bonds. The fourth-order valence-electron chi connectivity index (χ4n) is 3.05. The monoisotopic (exact) mass is 291 g/mol. The van der Waals surface area contributed by atoms with Crippen LogP contribution in [0.3, 0.4) is 0 Å². The summed E-state index contributed by atoms with van der Waals surface area (Å²) in [4.78, 5) is 24.8. The largest absolute Gasteiger partial charge is 0.364 e. The molecule has 2 heterocycles. The Morgan fingerprint density at radius 3 is 2.95 bits per heavy atom. The summed E-state index contributed by atoms with van der Waals surface area (Å²) in [7, 11) is 0. The number of anilines is 1. The van der Waals surface area contributed by atoms with Gasteiger partial charge in [0.1, 0.15) is 6.10 Å². The normalized spacial score (nSPS) is 24.1. The van der Waals surface area contributed by atoms with Gasteiger partial charge in [-0.05, 0) is 25.3 Å². The minimum atomic E-state index is -0.483. The summed E-state index contributed by atoms with van der Waals surface area (Å²) in [6.45, 7) is 0.873. The Kier molecular flexibility index (Phi) is 3.60. The average molecular weight is 291 g/mol. The Labute approximate surface area is 121 Å². The fraction of sp³-hybridized carbons (Fsp3) is 0.500. The molecule has 1 aromatic carbocycles. The zero-order valence-corrected chi connectivity index (χ0v) is 11.5. The zero-order valence-electron chi connectivity index (χ0n) is 11.5. The molecule has 3 rings (SSSR count). The van der Waals surface area contributed by atoms with Gasteiger partial charge in [-0.25, -0.2) is 0 Å². The van der Waals surface area contributed by atoms with Gasteiger partial charge in [-0.2, -0.15) is 0 Å². The molecule has 7 heteroatoms. The molecule has 0 unspecified atom stereocenters. The third-order valence-electron chi connectivity index (χ3n) is 4.11. The molecule has 21 heavy (non-hydrogen) atoms. The number of carbonyl (C=O) groups is 1. The molecule has 0 aromatic heterocycles. The van der Waals surface area contributed by atoms with E-state index in [4.69, 9.17) is 10.5 Å². The van der Waals surface area contributed by atoms with Crippen LogP contribution in [-0.4, -0.2) is 36.1 Å². The number of hydrogen-bond donors (Lipinski definition) is 1. The minimum absolute atomic E-state index is 0.0638. The van der Waals surface area contributed by atoms with E-state index in [9.17, 15) is 14.9 Å². The lowest BCUT2D eigenvalue weighted by Gasteiger charge is -2.21. The van der Waals surface area contributed by atoms with E-state index in [0.29, 0.717) is 37.2 Å². The van der Waals surface area contributed by atoms with Crippen LogP contribution >= 0.6 is 0 Å². The van der Waals surface area contributed by atoms with Crippen molar-refractivity contribution in [3.8, 4) is 0 Å². The average Bonchev–Trinajstić information content (AvgIpc) is 3.12. The van der Waals surface area contributed by atoms with E-state index in [0.717, 1.165) is 6.42 Å². The number of nitrogens with zero attached hydrogens (tertiary/aromatic N) is 2. The maximum Gasteiger partial charge on any atom is 0.274 e. The topological polar surface area (TPSA) is 98.7 Å². The molecule has 112 valence electrons. The zero-order chi connectivity index (χ0) is 15.0. The quantitative estimate of drug-likeness (QED) is 0.661. The summed E-state index contributed by atoms with van der Waals surface area (Å²) in [6.07, 6.45) is 1.39. The van der Waals surface area contributed by atoms with E-state index in [1.54, 1.807) is 17.0 Å². The van der Waals surface area contributed by atoms with Gasteiger partial charge in [0, 0.05) is 19.2 Å². The van der Waals surface area contributed by atoms with Crippen molar-refractivity contribution in [1.29, 1.82) is 0 Å². The fourth-order valence-corrected chi connectivity index (χ4v) is 3.05. The molecule has 0 bridgehead atoms. The molecule has 0 aliphatic carbocycles. The maximum absolute atomic E-state index is 12.5. The SMILES string of the molecule is NC[C@H]1CC[C@@H](C(=O)N2CCc3c2cccc3[N+](=O)[O-])O1. The number of nitro benzene ring substituents is 1. The first kappa shape index (κ1) is 14.0. The highest BCUT2D eigenvalue weighted by Gasteiger charge is 2.37. The van der Waals surface area contributed by atoms with Gasteiger partial charge in [0.05, 0.1) is 22.3 Å². The number of carbonyl (C=O) groups excluding carboxylic acids is 1. The summed E-state index contributed by atoms with van der Waals surface area (Å²) in [5.41, 5.74) is 6.90. The lowest BCUT2D eigenvalue weighted by atomic mass is 10.1. The third-order valence-corrected chi connectivity index (χ3v) is 4.11. The van der Waals surface area contributed by atoms with Gasteiger partial charge in [-0.3, -0.25) is 14.9 Å². The summed E-state index contributed by atoms with van der Waals surface area (Å²) in [5.74, 6) is -0.120. The highest BCUT2D eigenvalue weighted by Crippen LogP contribution is 2.36. The Bertz CT molecular complexity index is 590. The number of nitro groups is 1. The first-order valence-corrected chi connectivity index (χ1v) is 7.05. The van der Waals surface area contributed by atoms with Crippen LogP contribution in [-0.2, 0) is 16.0 Å². The van der Waals surface area contributed by atoms with Crippen LogP contribution in [0.1, 0.15) is 18.4 Å². The van der Waals surface area contributed by atoms with Gasteiger partial charge in [0.25, 0.3) is 11.6 Å².